The highest BCUT2D eigenvalue weighted by molar-refractivity contribution is 7.84. The van der Waals surface area contributed by atoms with Crippen molar-refractivity contribution in [2.75, 3.05) is 11.9 Å². The molecule has 0 unspecified atom stereocenters. The van der Waals surface area contributed by atoms with Gasteiger partial charge >= 0.3 is 10.3 Å². The van der Waals surface area contributed by atoms with E-state index < -0.39 is 28.1 Å². The van der Waals surface area contributed by atoms with Crippen LogP contribution in [-0.2, 0) is 27.6 Å². The quantitative estimate of drug-likeness (QED) is 0.440. The van der Waals surface area contributed by atoms with Crippen LogP contribution in [0.5, 0.6) is 0 Å². The van der Waals surface area contributed by atoms with E-state index in [9.17, 15) is 17.9 Å². The summed E-state index contributed by atoms with van der Waals surface area (Å²) in [6.45, 7) is 1.98. The molecule has 0 radical (unpaired) electrons. The predicted octanol–water partition coefficient (Wildman–Crippen LogP) is 1.79. The Morgan fingerprint density at radius 2 is 2.03 bits per heavy atom. The molecule has 0 amide bonds. The first-order valence-corrected chi connectivity index (χ1v) is 10.9. The third-order valence-corrected chi connectivity index (χ3v) is 5.27. The average molecular weight is 437 g/mol. The lowest BCUT2D eigenvalue weighted by atomic mass is 10.0. The molecule has 0 spiro atoms. The van der Waals surface area contributed by atoms with Crippen LogP contribution < -0.4 is 10.5 Å². The molecule has 0 saturated carbocycles. The highest BCUT2D eigenvalue weighted by Crippen LogP contribution is 2.26. The molecule has 1 aromatic carbocycles. The molecule has 0 fully saturated rings. The third-order valence-electron chi connectivity index (χ3n) is 4.81. The van der Waals surface area contributed by atoms with Gasteiger partial charge in [-0.1, -0.05) is 37.3 Å². The first kappa shape index (κ1) is 22.1. The Kier molecular flexibility index (Phi) is 6.98. The number of aliphatic hydroxyl groups excluding tert-OH is 1. The van der Waals surface area contributed by atoms with Crippen molar-refractivity contribution < 1.29 is 22.1 Å². The number of benzene rings is 1. The van der Waals surface area contributed by atoms with Gasteiger partial charge in [0.25, 0.3) is 0 Å². The molecule has 2 aromatic heterocycles. The maximum Gasteiger partial charge on any atom is 0.333 e. The molecule has 2 atom stereocenters. The normalized spacial score (nSPS) is 14.0. The third kappa shape index (κ3) is 5.51. The Hall–Kier alpha value is -2.60. The van der Waals surface area contributed by atoms with E-state index in [1.165, 1.54) is 17.1 Å². The summed E-state index contributed by atoms with van der Waals surface area (Å²) in [4.78, 5) is 8.30. The summed E-state index contributed by atoms with van der Waals surface area (Å²) in [5, 5.41) is 18.7. The summed E-state index contributed by atoms with van der Waals surface area (Å²) >= 11 is 0. The minimum atomic E-state index is -4.11. The molecule has 0 aliphatic heterocycles. The topological polar surface area (TPSA) is 132 Å². The summed E-state index contributed by atoms with van der Waals surface area (Å²) in [5.74, 6) is -0.692. The number of nitrogens with zero attached hydrogens (tertiary/aromatic N) is 3. The highest BCUT2D eigenvalue weighted by atomic mass is 32.2. The van der Waals surface area contributed by atoms with Crippen molar-refractivity contribution in [3.05, 3.63) is 54.2 Å². The molecule has 3 rings (SSSR count). The number of nitrogens with two attached hydrogens (primary N) is 1. The van der Waals surface area contributed by atoms with Gasteiger partial charge in [-0.05, 0) is 12.0 Å². The minimum absolute atomic E-state index is 0.00203. The number of rotatable bonds is 10. The maximum absolute atomic E-state index is 14.7. The zero-order valence-electron chi connectivity index (χ0n) is 16.4. The fourth-order valence-corrected chi connectivity index (χ4v) is 3.53. The van der Waals surface area contributed by atoms with Crippen LogP contribution in [0.25, 0.3) is 11.0 Å². The fraction of sp³-hybridized carbons (Fsp3) is 0.368. The molecule has 0 bridgehead atoms. The second kappa shape index (κ2) is 9.47. The Balaban J connectivity index is 1.78. The van der Waals surface area contributed by atoms with E-state index in [-0.39, 0.29) is 18.5 Å². The average Bonchev–Trinajstić information content (AvgIpc) is 3.03. The zero-order valence-corrected chi connectivity index (χ0v) is 17.2. The molecule has 11 heteroatoms. The Morgan fingerprint density at radius 3 is 2.70 bits per heavy atom. The van der Waals surface area contributed by atoms with Gasteiger partial charge in [-0.3, -0.25) is 4.18 Å². The molecule has 4 N–H and O–H groups in total. The SMILES string of the molecule is CC[C@@H](COS(N)(=O)=O)[C@@H](O)Cn1cc(F)c2c(NCc3ccccc3)ncnc21. The number of nitrogens with one attached hydrogen (secondary N) is 1. The van der Waals surface area contributed by atoms with Crippen molar-refractivity contribution in [3.63, 3.8) is 0 Å². The van der Waals surface area contributed by atoms with Gasteiger partial charge in [0.1, 0.15) is 17.8 Å². The number of hydrogen-bond acceptors (Lipinski definition) is 7. The maximum atomic E-state index is 14.7. The number of hydrogen-bond donors (Lipinski definition) is 3. The molecular formula is C19H24FN5O4S. The van der Waals surface area contributed by atoms with E-state index >= 15 is 0 Å². The van der Waals surface area contributed by atoms with Crippen molar-refractivity contribution in [2.24, 2.45) is 11.1 Å². The van der Waals surface area contributed by atoms with E-state index in [2.05, 4.69) is 19.5 Å². The Morgan fingerprint density at radius 1 is 1.30 bits per heavy atom. The van der Waals surface area contributed by atoms with Crippen molar-refractivity contribution in [3.8, 4) is 0 Å². The predicted molar refractivity (Wildman–Crippen MR) is 110 cm³/mol. The lowest BCUT2D eigenvalue weighted by Gasteiger charge is -2.21. The monoisotopic (exact) mass is 437 g/mol. The van der Waals surface area contributed by atoms with Crippen LogP contribution in [0.15, 0.2) is 42.9 Å². The molecule has 3 aromatic rings. The van der Waals surface area contributed by atoms with Gasteiger partial charge in [-0.25, -0.2) is 19.5 Å². The van der Waals surface area contributed by atoms with Gasteiger partial charge in [0, 0.05) is 18.7 Å². The molecule has 162 valence electrons. The zero-order chi connectivity index (χ0) is 21.7. The fourth-order valence-electron chi connectivity index (χ4n) is 3.17. The molecule has 9 nitrogen and oxygen atoms in total. The van der Waals surface area contributed by atoms with Crippen molar-refractivity contribution in [1.29, 1.82) is 0 Å². The summed E-state index contributed by atoms with van der Waals surface area (Å²) in [5.41, 5.74) is 1.33. The number of halogens is 1. The molecular weight excluding hydrogens is 413 g/mol. The largest absolute Gasteiger partial charge is 0.391 e. The summed E-state index contributed by atoms with van der Waals surface area (Å²) in [6, 6.07) is 9.62. The van der Waals surface area contributed by atoms with E-state index in [0.717, 1.165) is 5.56 Å². The van der Waals surface area contributed by atoms with Crippen LogP contribution in [-0.4, -0.2) is 40.8 Å². The summed E-state index contributed by atoms with van der Waals surface area (Å²) in [6.07, 6.45) is 2.00. The van der Waals surface area contributed by atoms with Crippen molar-refractivity contribution in [2.45, 2.75) is 32.5 Å². The van der Waals surface area contributed by atoms with Gasteiger partial charge in [0.2, 0.25) is 0 Å². The lowest BCUT2D eigenvalue weighted by molar-refractivity contribution is 0.0615. The first-order chi connectivity index (χ1) is 14.3. The van der Waals surface area contributed by atoms with Crippen LogP contribution in [0.1, 0.15) is 18.9 Å². The highest BCUT2D eigenvalue weighted by Gasteiger charge is 2.23. The van der Waals surface area contributed by atoms with Crippen LogP contribution in [0.3, 0.4) is 0 Å². The van der Waals surface area contributed by atoms with E-state index in [1.54, 1.807) is 6.92 Å². The molecule has 0 aliphatic carbocycles. The number of anilines is 1. The van der Waals surface area contributed by atoms with Crippen LogP contribution in [0, 0.1) is 11.7 Å². The molecule has 30 heavy (non-hydrogen) atoms. The van der Waals surface area contributed by atoms with Crippen LogP contribution in [0.4, 0.5) is 10.2 Å². The minimum Gasteiger partial charge on any atom is -0.391 e. The number of aromatic nitrogens is 3. The summed E-state index contributed by atoms with van der Waals surface area (Å²) < 4.78 is 42.8. The second-order valence-corrected chi connectivity index (χ2v) is 8.12. The first-order valence-electron chi connectivity index (χ1n) is 9.40. The van der Waals surface area contributed by atoms with Crippen molar-refractivity contribution >= 4 is 27.2 Å². The number of aliphatic hydroxyl groups is 1. The lowest BCUT2D eigenvalue weighted by Crippen LogP contribution is -2.31. The van der Waals surface area contributed by atoms with Gasteiger partial charge in [-0.2, -0.15) is 8.42 Å². The summed E-state index contributed by atoms with van der Waals surface area (Å²) in [7, 11) is -4.11. The molecule has 0 aliphatic rings. The molecule has 2 heterocycles. The Bertz CT molecular complexity index is 1090. The second-order valence-electron chi connectivity index (χ2n) is 6.90. The van der Waals surface area contributed by atoms with Gasteiger partial charge in [-0.15, -0.1) is 0 Å². The van der Waals surface area contributed by atoms with E-state index in [4.69, 9.17) is 5.14 Å². The smallest absolute Gasteiger partial charge is 0.333 e. The van der Waals surface area contributed by atoms with Crippen LogP contribution >= 0.6 is 0 Å². The van der Waals surface area contributed by atoms with Gasteiger partial charge in [0.05, 0.1) is 24.6 Å². The number of fused-ring (bicyclic) bond motifs is 1. The van der Waals surface area contributed by atoms with Gasteiger partial charge in [0.15, 0.2) is 5.82 Å². The van der Waals surface area contributed by atoms with Crippen molar-refractivity contribution in [1.82, 2.24) is 14.5 Å². The molecule has 0 saturated heterocycles. The van der Waals surface area contributed by atoms with E-state index in [1.807, 2.05) is 30.3 Å². The van der Waals surface area contributed by atoms with Gasteiger partial charge < -0.3 is 15.0 Å². The van der Waals surface area contributed by atoms with Crippen LogP contribution in [0.2, 0.25) is 0 Å². The Labute approximate surface area is 174 Å². The standard InChI is InChI=1S/C19H24FN5O4S/c1-2-14(11-29-30(21,27)28)16(26)10-25-9-15(20)17-18(23-12-24-19(17)25)22-8-13-6-4-3-5-7-13/h3-7,9,12,14,16,26H,2,8,10-11H2,1H3,(H2,21,27,28)(H,22,23,24)/t14-,16-/m0/s1. The van der Waals surface area contributed by atoms with E-state index in [0.29, 0.717) is 24.4 Å².